The fourth-order valence-corrected chi connectivity index (χ4v) is 3.70. The van der Waals surface area contributed by atoms with Gasteiger partial charge >= 0.3 is 0 Å². The van der Waals surface area contributed by atoms with Crippen molar-refractivity contribution in [3.8, 4) is 0 Å². The summed E-state index contributed by atoms with van der Waals surface area (Å²) >= 11 is 20.2. The Morgan fingerprint density at radius 1 is 1.29 bits per heavy atom. The van der Waals surface area contributed by atoms with Crippen LogP contribution in [0, 0.1) is 0 Å². The molecule has 1 atom stereocenters. The van der Waals surface area contributed by atoms with E-state index in [0.717, 1.165) is 0 Å². The third-order valence-corrected chi connectivity index (χ3v) is 5.31. The lowest BCUT2D eigenvalue weighted by molar-refractivity contribution is -0.115. The Labute approximate surface area is 144 Å². The minimum absolute atomic E-state index is 0.242. The topological polar surface area (TPSA) is 80.9 Å². The van der Waals surface area contributed by atoms with Gasteiger partial charge in [-0.3, -0.25) is 4.79 Å². The van der Waals surface area contributed by atoms with Crippen LogP contribution in [0.3, 0.4) is 0 Å². The van der Waals surface area contributed by atoms with Crippen LogP contribution in [0.25, 0.3) is 0 Å². The molecule has 0 fully saturated rings. The predicted molar refractivity (Wildman–Crippen MR) is 89.7 cm³/mol. The van der Waals surface area contributed by atoms with Crippen molar-refractivity contribution in [3.05, 3.63) is 27.2 Å². The quantitative estimate of drug-likeness (QED) is 0.611. The van der Waals surface area contributed by atoms with E-state index in [-0.39, 0.29) is 5.91 Å². The Kier molecular flexibility index (Phi) is 5.56. The molecule has 112 valence electrons. The highest BCUT2D eigenvalue weighted by Gasteiger charge is 2.18. The summed E-state index contributed by atoms with van der Waals surface area (Å²) in [6.45, 7) is 1.74. The van der Waals surface area contributed by atoms with Gasteiger partial charge in [0.05, 0.1) is 26.0 Å². The van der Waals surface area contributed by atoms with Gasteiger partial charge in [-0.2, -0.15) is 0 Å². The average molecular weight is 384 g/mol. The van der Waals surface area contributed by atoms with Gasteiger partial charge in [-0.25, -0.2) is 0 Å². The number of amides is 1. The van der Waals surface area contributed by atoms with Crippen molar-refractivity contribution in [2.75, 3.05) is 11.1 Å². The number of carbonyl (C=O) groups excluding carboxylic acids is 1. The van der Waals surface area contributed by atoms with E-state index >= 15 is 0 Å². The lowest BCUT2D eigenvalue weighted by atomic mass is 10.3. The number of hydrogen-bond donors (Lipinski definition) is 2. The molecule has 0 bridgehead atoms. The number of thioether (sulfide) groups is 1. The lowest BCUT2D eigenvalue weighted by Crippen LogP contribution is -2.22. The summed E-state index contributed by atoms with van der Waals surface area (Å²) in [5, 5.41) is 11.1. The molecule has 0 aliphatic rings. The molecule has 1 heterocycles. The Morgan fingerprint density at radius 3 is 2.57 bits per heavy atom. The first-order chi connectivity index (χ1) is 9.86. The maximum Gasteiger partial charge on any atom is 0.237 e. The van der Waals surface area contributed by atoms with Gasteiger partial charge in [0.25, 0.3) is 0 Å². The molecule has 1 unspecified atom stereocenters. The molecule has 0 aliphatic carbocycles. The maximum atomic E-state index is 12.1. The highest BCUT2D eigenvalue weighted by Crippen LogP contribution is 2.33. The van der Waals surface area contributed by atoms with E-state index in [1.54, 1.807) is 6.92 Å². The van der Waals surface area contributed by atoms with Gasteiger partial charge in [-0.05, 0) is 19.1 Å². The molecule has 0 spiro atoms. The smallest absolute Gasteiger partial charge is 0.237 e. The molecule has 0 aliphatic heterocycles. The van der Waals surface area contributed by atoms with Crippen molar-refractivity contribution in [2.45, 2.75) is 16.5 Å². The number of rotatable bonds is 4. The summed E-state index contributed by atoms with van der Waals surface area (Å²) in [6.07, 6.45) is 0. The summed E-state index contributed by atoms with van der Waals surface area (Å²) in [5.74, 6) is -0.242. The van der Waals surface area contributed by atoms with Crippen molar-refractivity contribution in [1.29, 1.82) is 0 Å². The molecule has 1 amide bonds. The molecule has 3 N–H and O–H groups in total. The number of nitrogen functional groups attached to an aromatic ring is 1. The van der Waals surface area contributed by atoms with Crippen molar-refractivity contribution in [3.63, 3.8) is 0 Å². The molecule has 2 aromatic rings. The second kappa shape index (κ2) is 7.02. The van der Waals surface area contributed by atoms with E-state index < -0.39 is 5.25 Å². The van der Waals surface area contributed by atoms with Gasteiger partial charge in [0.1, 0.15) is 0 Å². The van der Waals surface area contributed by atoms with Crippen LogP contribution in [0.2, 0.25) is 15.1 Å². The van der Waals surface area contributed by atoms with Crippen LogP contribution in [-0.2, 0) is 4.79 Å². The number of nitrogens with zero attached hydrogens (tertiary/aromatic N) is 2. The van der Waals surface area contributed by atoms with E-state index in [2.05, 4.69) is 15.5 Å². The number of nitrogens with one attached hydrogen (secondary N) is 1. The fraction of sp³-hybridized carbons (Fsp3) is 0.182. The summed E-state index contributed by atoms with van der Waals surface area (Å²) in [4.78, 5) is 12.1. The average Bonchev–Trinajstić information content (AvgIpc) is 2.81. The number of aromatic nitrogens is 2. The number of benzene rings is 1. The van der Waals surface area contributed by atoms with E-state index in [1.807, 2.05) is 0 Å². The zero-order valence-electron chi connectivity index (χ0n) is 10.6. The molecule has 10 heteroatoms. The summed E-state index contributed by atoms with van der Waals surface area (Å²) in [7, 11) is 0. The zero-order valence-corrected chi connectivity index (χ0v) is 14.5. The van der Waals surface area contributed by atoms with Crippen molar-refractivity contribution in [2.24, 2.45) is 0 Å². The van der Waals surface area contributed by atoms with Crippen LogP contribution in [0.15, 0.2) is 16.5 Å². The van der Waals surface area contributed by atoms with Crippen LogP contribution < -0.4 is 11.1 Å². The molecule has 2 rings (SSSR count). The molecule has 1 aromatic heterocycles. The lowest BCUT2D eigenvalue weighted by Gasteiger charge is -2.12. The maximum absolute atomic E-state index is 12.1. The number of hydrogen-bond acceptors (Lipinski definition) is 6. The second-order valence-electron chi connectivity index (χ2n) is 3.90. The normalized spacial score (nSPS) is 12.2. The zero-order chi connectivity index (χ0) is 15.6. The van der Waals surface area contributed by atoms with Gasteiger partial charge in [0.15, 0.2) is 4.34 Å². The van der Waals surface area contributed by atoms with Crippen molar-refractivity contribution >= 4 is 74.6 Å². The van der Waals surface area contributed by atoms with E-state index in [4.69, 9.17) is 40.5 Å². The molecule has 5 nitrogen and oxygen atoms in total. The summed E-state index contributed by atoms with van der Waals surface area (Å²) in [5.41, 5.74) is 5.89. The third-order valence-electron chi connectivity index (χ3n) is 2.34. The number of anilines is 2. The van der Waals surface area contributed by atoms with Gasteiger partial charge in [0, 0.05) is 0 Å². The van der Waals surface area contributed by atoms with E-state index in [9.17, 15) is 4.79 Å². The minimum atomic E-state index is -0.400. The van der Waals surface area contributed by atoms with E-state index in [0.29, 0.717) is 30.2 Å². The highest BCUT2D eigenvalue weighted by atomic mass is 35.5. The standard InChI is InChI=1S/C11H9Cl3N4OS2/c1-4(20-11-18-17-10(15)21-11)9(19)16-8-3-6(13)5(12)2-7(8)14/h2-4H,1H3,(H2,15,17)(H,16,19). The predicted octanol–water partition coefficient (Wildman–Crippen LogP) is 4.20. The first-order valence-electron chi connectivity index (χ1n) is 5.58. The number of carbonyl (C=O) groups is 1. The monoisotopic (exact) mass is 382 g/mol. The van der Waals surface area contributed by atoms with Gasteiger partial charge in [-0.15, -0.1) is 10.2 Å². The van der Waals surface area contributed by atoms with Crippen LogP contribution >= 0.6 is 57.9 Å². The SMILES string of the molecule is CC(Sc1nnc(N)s1)C(=O)Nc1cc(Cl)c(Cl)cc1Cl. The third kappa shape index (κ3) is 4.37. The number of halogens is 3. The number of nitrogens with two attached hydrogens (primary N) is 1. The van der Waals surface area contributed by atoms with Crippen molar-refractivity contribution < 1.29 is 4.79 Å². The van der Waals surface area contributed by atoms with Gasteiger partial charge in [-0.1, -0.05) is 57.9 Å². The molecule has 0 radical (unpaired) electrons. The molecule has 0 saturated heterocycles. The first-order valence-corrected chi connectivity index (χ1v) is 8.41. The van der Waals surface area contributed by atoms with Crippen LogP contribution in [0.4, 0.5) is 10.8 Å². The van der Waals surface area contributed by atoms with Crippen LogP contribution in [0.5, 0.6) is 0 Å². The first kappa shape index (κ1) is 16.6. The van der Waals surface area contributed by atoms with Crippen LogP contribution in [0.1, 0.15) is 6.92 Å². The largest absolute Gasteiger partial charge is 0.374 e. The van der Waals surface area contributed by atoms with E-state index in [1.165, 1.54) is 35.2 Å². The molecule has 21 heavy (non-hydrogen) atoms. The summed E-state index contributed by atoms with van der Waals surface area (Å²) in [6, 6.07) is 2.98. The molecular formula is C11H9Cl3N4OS2. The molecular weight excluding hydrogens is 375 g/mol. The van der Waals surface area contributed by atoms with Gasteiger partial charge in [0.2, 0.25) is 11.0 Å². The fourth-order valence-electron chi connectivity index (χ4n) is 1.33. The van der Waals surface area contributed by atoms with Crippen molar-refractivity contribution in [1.82, 2.24) is 10.2 Å². The Bertz CT molecular complexity index is 679. The minimum Gasteiger partial charge on any atom is -0.374 e. The highest BCUT2D eigenvalue weighted by molar-refractivity contribution is 8.02. The second-order valence-corrected chi connectivity index (χ2v) is 7.72. The van der Waals surface area contributed by atoms with Gasteiger partial charge < -0.3 is 11.1 Å². The molecule has 1 aromatic carbocycles. The molecule has 0 saturated carbocycles. The summed E-state index contributed by atoms with van der Waals surface area (Å²) < 4.78 is 0.621. The Hall–Kier alpha value is -0.730. The Morgan fingerprint density at radius 2 is 1.95 bits per heavy atom. The van der Waals surface area contributed by atoms with Crippen LogP contribution in [-0.4, -0.2) is 21.4 Å². The Balaban J connectivity index is 2.05.